The van der Waals surface area contributed by atoms with Gasteiger partial charge in [-0.05, 0) is 50.6 Å². The van der Waals surface area contributed by atoms with Crippen LogP contribution in [0.25, 0.3) is 0 Å². The number of rotatable bonds is 1. The minimum absolute atomic E-state index is 0.251. The van der Waals surface area contributed by atoms with E-state index in [-0.39, 0.29) is 6.03 Å². The van der Waals surface area contributed by atoms with Crippen molar-refractivity contribution in [1.82, 2.24) is 10.2 Å². The highest BCUT2D eigenvalue weighted by molar-refractivity contribution is 5.72. The van der Waals surface area contributed by atoms with Gasteiger partial charge in [0.2, 0.25) is 0 Å². The second-order valence-electron chi connectivity index (χ2n) is 4.75. The molecule has 0 saturated carbocycles. The van der Waals surface area contributed by atoms with Crippen molar-refractivity contribution < 1.29 is 4.79 Å². The van der Waals surface area contributed by atoms with Crippen molar-refractivity contribution in [2.75, 3.05) is 26.2 Å². The fraction of sp³-hybridized carbons (Fsp3) is 0.909. The van der Waals surface area contributed by atoms with Gasteiger partial charge >= 0.3 is 6.03 Å². The molecule has 0 spiro atoms. The van der Waals surface area contributed by atoms with Crippen LogP contribution in [0.15, 0.2) is 0 Å². The lowest BCUT2D eigenvalue weighted by molar-refractivity contribution is 0.142. The number of hydrogen-bond donors (Lipinski definition) is 2. The zero-order valence-corrected chi connectivity index (χ0v) is 9.24. The summed E-state index contributed by atoms with van der Waals surface area (Å²) in [6.45, 7) is 4.06. The molecule has 0 atom stereocenters. The normalized spacial score (nSPS) is 25.5. The van der Waals surface area contributed by atoms with Gasteiger partial charge in [-0.1, -0.05) is 0 Å². The Hall–Kier alpha value is -0.770. The van der Waals surface area contributed by atoms with Crippen LogP contribution < -0.4 is 11.1 Å². The summed E-state index contributed by atoms with van der Waals surface area (Å²) in [5.41, 5.74) is 5.27. The van der Waals surface area contributed by atoms with E-state index in [9.17, 15) is 4.79 Å². The number of nitrogens with one attached hydrogen (secondary N) is 1. The van der Waals surface area contributed by atoms with E-state index in [2.05, 4.69) is 5.32 Å². The minimum atomic E-state index is -0.251. The zero-order chi connectivity index (χ0) is 10.7. The summed E-state index contributed by atoms with van der Waals surface area (Å²) in [5, 5.41) is 3.40. The third-order valence-electron chi connectivity index (χ3n) is 3.90. The molecule has 2 fully saturated rings. The molecule has 4 heteroatoms. The number of primary amides is 1. The monoisotopic (exact) mass is 211 g/mol. The highest BCUT2D eigenvalue weighted by atomic mass is 16.2. The van der Waals surface area contributed by atoms with E-state index < -0.39 is 0 Å². The van der Waals surface area contributed by atoms with E-state index in [4.69, 9.17) is 5.73 Å². The molecule has 0 aromatic heterocycles. The van der Waals surface area contributed by atoms with Gasteiger partial charge in [-0.15, -0.1) is 0 Å². The number of piperidine rings is 2. The summed E-state index contributed by atoms with van der Waals surface area (Å²) >= 11 is 0. The highest BCUT2D eigenvalue weighted by Gasteiger charge is 2.28. The van der Waals surface area contributed by atoms with Gasteiger partial charge in [-0.25, -0.2) is 4.79 Å². The van der Waals surface area contributed by atoms with Crippen molar-refractivity contribution in [3.63, 3.8) is 0 Å². The standard InChI is InChI=1S/C11H21N3O/c12-11(15)14-7-3-10(4-8-14)9-1-5-13-6-2-9/h9-10,13H,1-8H2,(H2,12,15). The Morgan fingerprint density at radius 1 is 1.07 bits per heavy atom. The first-order valence-electron chi connectivity index (χ1n) is 6.02. The van der Waals surface area contributed by atoms with E-state index in [1.807, 2.05) is 0 Å². The molecule has 0 aliphatic carbocycles. The van der Waals surface area contributed by atoms with Crippen LogP contribution in [-0.4, -0.2) is 37.1 Å². The molecule has 0 bridgehead atoms. The quantitative estimate of drug-likeness (QED) is 0.673. The SMILES string of the molecule is NC(=O)N1CCC(C2CCNCC2)CC1. The van der Waals surface area contributed by atoms with Crippen LogP contribution in [0.5, 0.6) is 0 Å². The van der Waals surface area contributed by atoms with Crippen molar-refractivity contribution in [3.05, 3.63) is 0 Å². The molecule has 2 amide bonds. The van der Waals surface area contributed by atoms with Crippen molar-refractivity contribution in [2.45, 2.75) is 25.7 Å². The number of urea groups is 1. The van der Waals surface area contributed by atoms with Crippen molar-refractivity contribution >= 4 is 6.03 Å². The summed E-state index contributed by atoms with van der Waals surface area (Å²) in [6.07, 6.45) is 4.91. The molecule has 2 saturated heterocycles. The van der Waals surface area contributed by atoms with Gasteiger partial charge in [0.15, 0.2) is 0 Å². The van der Waals surface area contributed by atoms with Crippen molar-refractivity contribution in [3.8, 4) is 0 Å². The lowest BCUT2D eigenvalue weighted by atomic mass is 9.79. The summed E-state index contributed by atoms with van der Waals surface area (Å²) in [5.74, 6) is 1.70. The molecule has 0 radical (unpaired) electrons. The number of hydrogen-bond acceptors (Lipinski definition) is 2. The lowest BCUT2D eigenvalue weighted by Crippen LogP contribution is -2.44. The first kappa shape index (κ1) is 10.7. The summed E-state index contributed by atoms with van der Waals surface area (Å²) in [6, 6.07) is -0.251. The van der Waals surface area contributed by atoms with Crippen LogP contribution in [0.1, 0.15) is 25.7 Å². The molecule has 0 aromatic rings. The first-order valence-corrected chi connectivity index (χ1v) is 6.02. The number of carbonyl (C=O) groups excluding carboxylic acids is 1. The Labute approximate surface area is 91.2 Å². The maximum Gasteiger partial charge on any atom is 0.314 e. The van der Waals surface area contributed by atoms with Crippen LogP contribution in [0.3, 0.4) is 0 Å². The first-order chi connectivity index (χ1) is 7.27. The molecule has 4 nitrogen and oxygen atoms in total. The number of likely N-dealkylation sites (tertiary alicyclic amines) is 1. The van der Waals surface area contributed by atoms with E-state index in [1.165, 1.54) is 25.9 Å². The van der Waals surface area contributed by atoms with Crippen LogP contribution >= 0.6 is 0 Å². The molecule has 2 aliphatic heterocycles. The van der Waals surface area contributed by atoms with Gasteiger partial charge in [0.25, 0.3) is 0 Å². The van der Waals surface area contributed by atoms with Gasteiger partial charge in [0.05, 0.1) is 0 Å². The molecule has 3 N–H and O–H groups in total. The fourth-order valence-corrected chi connectivity index (χ4v) is 2.91. The lowest BCUT2D eigenvalue weighted by Gasteiger charge is -2.37. The molecule has 0 aromatic carbocycles. The molecule has 2 aliphatic rings. The number of carbonyl (C=O) groups is 1. The summed E-state index contributed by atoms with van der Waals surface area (Å²) in [7, 11) is 0. The maximum atomic E-state index is 11.0. The van der Waals surface area contributed by atoms with Gasteiger partial charge in [0.1, 0.15) is 0 Å². The topological polar surface area (TPSA) is 58.4 Å². The van der Waals surface area contributed by atoms with Crippen molar-refractivity contribution in [1.29, 1.82) is 0 Å². The van der Waals surface area contributed by atoms with Gasteiger partial charge in [0, 0.05) is 13.1 Å². The van der Waals surface area contributed by atoms with E-state index in [0.29, 0.717) is 0 Å². The number of nitrogens with two attached hydrogens (primary N) is 1. The Kier molecular flexibility index (Phi) is 3.46. The predicted molar refractivity (Wildman–Crippen MR) is 59.5 cm³/mol. The predicted octanol–water partition coefficient (Wildman–Crippen LogP) is 0.777. The van der Waals surface area contributed by atoms with Gasteiger partial charge in [-0.2, -0.15) is 0 Å². The number of nitrogens with zero attached hydrogens (tertiary/aromatic N) is 1. The zero-order valence-electron chi connectivity index (χ0n) is 9.24. The van der Waals surface area contributed by atoms with E-state index >= 15 is 0 Å². The second kappa shape index (κ2) is 4.84. The van der Waals surface area contributed by atoms with Gasteiger partial charge in [-0.3, -0.25) is 0 Å². The largest absolute Gasteiger partial charge is 0.351 e. The Morgan fingerprint density at radius 3 is 2.13 bits per heavy atom. The van der Waals surface area contributed by atoms with Crippen LogP contribution in [0, 0.1) is 11.8 Å². The average molecular weight is 211 g/mol. The third-order valence-corrected chi connectivity index (χ3v) is 3.90. The smallest absolute Gasteiger partial charge is 0.314 e. The summed E-state index contributed by atoms with van der Waals surface area (Å²) in [4.78, 5) is 12.8. The highest BCUT2D eigenvalue weighted by Crippen LogP contribution is 2.30. The minimum Gasteiger partial charge on any atom is -0.351 e. The molecule has 0 unspecified atom stereocenters. The molecular weight excluding hydrogens is 190 g/mol. The molecule has 15 heavy (non-hydrogen) atoms. The molecular formula is C11H21N3O. The third kappa shape index (κ3) is 2.62. The van der Waals surface area contributed by atoms with E-state index in [1.54, 1.807) is 4.90 Å². The van der Waals surface area contributed by atoms with Crippen LogP contribution in [0.2, 0.25) is 0 Å². The molecule has 86 valence electrons. The van der Waals surface area contributed by atoms with Gasteiger partial charge < -0.3 is 16.0 Å². The summed E-state index contributed by atoms with van der Waals surface area (Å²) < 4.78 is 0. The molecule has 2 heterocycles. The average Bonchev–Trinajstić information content (AvgIpc) is 2.30. The molecule has 2 rings (SSSR count). The maximum absolute atomic E-state index is 11.0. The Balaban J connectivity index is 1.79. The van der Waals surface area contributed by atoms with Crippen molar-refractivity contribution in [2.24, 2.45) is 17.6 Å². The Bertz CT molecular complexity index is 218. The van der Waals surface area contributed by atoms with E-state index in [0.717, 1.165) is 37.8 Å². The second-order valence-corrected chi connectivity index (χ2v) is 4.75. The number of amides is 2. The van der Waals surface area contributed by atoms with Crippen LogP contribution in [-0.2, 0) is 0 Å². The fourth-order valence-electron chi connectivity index (χ4n) is 2.91. The van der Waals surface area contributed by atoms with Crippen LogP contribution in [0.4, 0.5) is 4.79 Å². The Morgan fingerprint density at radius 2 is 1.60 bits per heavy atom.